The Morgan fingerprint density at radius 1 is 1.17 bits per heavy atom. The third kappa shape index (κ3) is 4.63. The Hall–Kier alpha value is -2.51. The largest absolute Gasteiger partial charge is 0.349 e. The first-order chi connectivity index (χ1) is 14.5. The zero-order chi connectivity index (χ0) is 21.1. The van der Waals surface area contributed by atoms with E-state index in [0.29, 0.717) is 16.0 Å². The van der Waals surface area contributed by atoms with Gasteiger partial charge in [-0.1, -0.05) is 41.6 Å². The number of rotatable bonds is 6. The van der Waals surface area contributed by atoms with Crippen LogP contribution in [0.2, 0.25) is 5.02 Å². The molecule has 0 fully saturated rings. The van der Waals surface area contributed by atoms with Gasteiger partial charge in [-0.25, -0.2) is 4.68 Å². The maximum Gasteiger partial charge on any atom is 0.230 e. The minimum Gasteiger partial charge on any atom is -0.349 e. The van der Waals surface area contributed by atoms with Crippen LogP contribution in [-0.4, -0.2) is 26.5 Å². The quantitative estimate of drug-likeness (QED) is 0.443. The summed E-state index contributed by atoms with van der Waals surface area (Å²) in [5, 5.41) is 12.4. The van der Waals surface area contributed by atoms with Gasteiger partial charge in [0.1, 0.15) is 0 Å². The minimum absolute atomic E-state index is 0.0503. The molecule has 1 atom stereocenters. The van der Waals surface area contributed by atoms with Crippen molar-refractivity contribution in [2.45, 2.75) is 43.8 Å². The molecule has 0 unspecified atom stereocenters. The number of carbonyl (C=O) groups is 1. The van der Waals surface area contributed by atoms with Crippen LogP contribution in [0.5, 0.6) is 0 Å². The molecule has 1 amide bonds. The summed E-state index contributed by atoms with van der Waals surface area (Å²) in [7, 11) is 0. The molecular weight excluding hydrogens is 418 g/mol. The van der Waals surface area contributed by atoms with Crippen LogP contribution in [0.4, 0.5) is 0 Å². The lowest BCUT2D eigenvalue weighted by Crippen LogP contribution is -2.28. The number of carbonyl (C=O) groups excluding carboxylic acids is 1. The summed E-state index contributed by atoms with van der Waals surface area (Å²) in [5.41, 5.74) is 4.81. The molecule has 0 saturated carbocycles. The van der Waals surface area contributed by atoms with Crippen molar-refractivity contribution in [3.63, 3.8) is 0 Å². The summed E-state index contributed by atoms with van der Waals surface area (Å²) < 4.78 is 1.40. The fraction of sp³-hybridized carbons (Fsp3) is 0.318. The van der Waals surface area contributed by atoms with Gasteiger partial charge in [-0.15, -0.1) is 10.2 Å². The van der Waals surface area contributed by atoms with Crippen molar-refractivity contribution < 1.29 is 4.79 Å². The molecule has 1 aliphatic rings. The summed E-state index contributed by atoms with van der Waals surface area (Å²) in [6, 6.07) is 13.7. The highest BCUT2D eigenvalue weighted by molar-refractivity contribution is 7.99. The topological polar surface area (TPSA) is 85.8 Å². The molecule has 8 heteroatoms. The van der Waals surface area contributed by atoms with Crippen LogP contribution in [0, 0.1) is 0 Å². The highest BCUT2D eigenvalue weighted by atomic mass is 35.5. The van der Waals surface area contributed by atoms with Gasteiger partial charge in [0.2, 0.25) is 11.1 Å². The molecule has 6 nitrogen and oxygen atoms in total. The van der Waals surface area contributed by atoms with E-state index >= 15 is 0 Å². The Morgan fingerprint density at radius 3 is 2.67 bits per heavy atom. The highest BCUT2D eigenvalue weighted by Gasteiger charge is 2.17. The second-order valence-corrected chi connectivity index (χ2v) is 8.88. The van der Waals surface area contributed by atoms with E-state index < -0.39 is 0 Å². The van der Waals surface area contributed by atoms with E-state index in [2.05, 4.69) is 33.7 Å². The van der Waals surface area contributed by atoms with Crippen molar-refractivity contribution in [3.8, 4) is 11.4 Å². The number of fused-ring (bicyclic) bond motifs is 1. The second kappa shape index (κ2) is 9.10. The zero-order valence-electron chi connectivity index (χ0n) is 16.8. The third-order valence-electron chi connectivity index (χ3n) is 5.35. The fourth-order valence-electron chi connectivity index (χ4n) is 3.69. The van der Waals surface area contributed by atoms with Gasteiger partial charge in [0.25, 0.3) is 0 Å². The van der Waals surface area contributed by atoms with E-state index in [1.54, 1.807) is 12.1 Å². The van der Waals surface area contributed by atoms with Crippen LogP contribution in [0.1, 0.15) is 42.5 Å². The fourth-order valence-corrected chi connectivity index (χ4v) is 4.48. The molecule has 0 bridgehead atoms. The lowest BCUT2D eigenvalue weighted by Gasteiger charge is -2.20. The number of aromatic nitrogens is 3. The molecule has 156 valence electrons. The molecule has 4 rings (SSSR count). The van der Waals surface area contributed by atoms with Crippen molar-refractivity contribution in [1.29, 1.82) is 0 Å². The first kappa shape index (κ1) is 20.8. The van der Waals surface area contributed by atoms with Gasteiger partial charge in [0, 0.05) is 10.6 Å². The first-order valence-electron chi connectivity index (χ1n) is 10.0. The average Bonchev–Trinajstić information content (AvgIpc) is 3.12. The molecule has 3 N–H and O–H groups in total. The molecule has 1 heterocycles. The number of amides is 1. The summed E-state index contributed by atoms with van der Waals surface area (Å²) in [5.74, 6) is 6.79. The van der Waals surface area contributed by atoms with Gasteiger partial charge < -0.3 is 11.2 Å². The second-order valence-electron chi connectivity index (χ2n) is 7.50. The smallest absolute Gasteiger partial charge is 0.230 e. The van der Waals surface area contributed by atoms with Crippen molar-refractivity contribution in [3.05, 3.63) is 64.2 Å². The van der Waals surface area contributed by atoms with Crippen molar-refractivity contribution in [2.75, 3.05) is 11.6 Å². The number of benzene rings is 2. The minimum atomic E-state index is -0.0683. The number of nitrogen functional groups attached to an aromatic ring is 1. The van der Waals surface area contributed by atoms with Crippen LogP contribution in [-0.2, 0) is 17.6 Å². The normalized spacial score (nSPS) is 14.2. The van der Waals surface area contributed by atoms with Crippen LogP contribution >= 0.6 is 23.4 Å². The third-order valence-corrected chi connectivity index (χ3v) is 6.54. The molecule has 0 spiro atoms. The molecule has 0 aliphatic heterocycles. The van der Waals surface area contributed by atoms with Gasteiger partial charge in [-0.2, -0.15) is 0 Å². The van der Waals surface area contributed by atoms with Crippen LogP contribution in [0.15, 0.2) is 47.6 Å². The van der Waals surface area contributed by atoms with Crippen molar-refractivity contribution in [1.82, 2.24) is 20.2 Å². The number of halogens is 1. The monoisotopic (exact) mass is 441 g/mol. The van der Waals surface area contributed by atoms with Gasteiger partial charge in [0.15, 0.2) is 5.82 Å². The molecule has 1 aromatic heterocycles. The van der Waals surface area contributed by atoms with E-state index in [1.165, 1.54) is 40.4 Å². The van der Waals surface area contributed by atoms with Crippen molar-refractivity contribution >= 4 is 29.3 Å². The Labute approximate surface area is 185 Å². The zero-order valence-corrected chi connectivity index (χ0v) is 18.3. The number of aryl methyl sites for hydroxylation is 2. The predicted octanol–water partition coefficient (Wildman–Crippen LogP) is 4.16. The number of nitrogens with zero attached hydrogens (tertiary/aromatic N) is 3. The number of hydrogen-bond acceptors (Lipinski definition) is 5. The lowest BCUT2D eigenvalue weighted by atomic mass is 9.89. The van der Waals surface area contributed by atoms with E-state index in [0.717, 1.165) is 24.0 Å². The van der Waals surface area contributed by atoms with Gasteiger partial charge in [-0.05, 0) is 73.6 Å². The Balaban J connectivity index is 1.35. The summed E-state index contributed by atoms with van der Waals surface area (Å²) >= 11 is 7.19. The van der Waals surface area contributed by atoms with Crippen LogP contribution in [0.3, 0.4) is 0 Å². The Morgan fingerprint density at radius 2 is 1.90 bits per heavy atom. The number of nitrogens with one attached hydrogen (secondary N) is 1. The lowest BCUT2D eigenvalue weighted by molar-refractivity contribution is -0.119. The van der Waals surface area contributed by atoms with Gasteiger partial charge in [0.05, 0.1) is 11.8 Å². The van der Waals surface area contributed by atoms with E-state index in [4.69, 9.17) is 17.4 Å². The SMILES string of the molecule is C[C@@H](NC(=O)CSc1nnc(-c2ccc(Cl)cc2)n1N)c1ccc2c(c1)CCCC2. The van der Waals surface area contributed by atoms with E-state index in [9.17, 15) is 4.79 Å². The molecule has 0 saturated heterocycles. The predicted molar refractivity (Wildman–Crippen MR) is 121 cm³/mol. The molecular formula is C22H24ClN5OS. The summed E-state index contributed by atoms with van der Waals surface area (Å²) in [6.45, 7) is 2.01. The van der Waals surface area contributed by atoms with Crippen molar-refractivity contribution in [2.24, 2.45) is 0 Å². The average molecular weight is 442 g/mol. The first-order valence-corrected chi connectivity index (χ1v) is 11.4. The van der Waals surface area contributed by atoms with Crippen LogP contribution < -0.4 is 11.2 Å². The number of thioether (sulfide) groups is 1. The maximum atomic E-state index is 12.5. The number of nitrogens with two attached hydrogens (primary N) is 1. The summed E-state index contributed by atoms with van der Waals surface area (Å²) in [6.07, 6.45) is 4.79. The van der Waals surface area contributed by atoms with E-state index in [-0.39, 0.29) is 17.7 Å². The Bertz CT molecular complexity index is 1050. The summed E-state index contributed by atoms with van der Waals surface area (Å²) in [4.78, 5) is 12.5. The number of hydrogen-bond donors (Lipinski definition) is 2. The van der Waals surface area contributed by atoms with Crippen LogP contribution in [0.25, 0.3) is 11.4 Å². The maximum absolute atomic E-state index is 12.5. The van der Waals surface area contributed by atoms with E-state index in [1.807, 2.05) is 19.1 Å². The molecule has 3 aromatic rings. The van der Waals surface area contributed by atoms with Gasteiger partial charge in [-0.3, -0.25) is 4.79 Å². The molecule has 0 radical (unpaired) electrons. The Kier molecular flexibility index (Phi) is 6.29. The molecule has 30 heavy (non-hydrogen) atoms. The standard InChI is InChI=1S/C22H24ClN5OS/c1-14(17-7-6-15-4-2-3-5-18(15)12-17)25-20(29)13-30-22-27-26-21(28(22)24)16-8-10-19(23)11-9-16/h6-12,14H,2-5,13,24H2,1H3,(H,25,29)/t14-/m1/s1. The molecule has 1 aliphatic carbocycles. The molecule has 2 aromatic carbocycles. The van der Waals surface area contributed by atoms with Gasteiger partial charge >= 0.3 is 0 Å². The highest BCUT2D eigenvalue weighted by Crippen LogP contribution is 2.26.